The molecule has 4 nitrogen and oxygen atoms in total. The molecule has 88 valence electrons. The molecule has 2 N–H and O–H groups in total. The summed E-state index contributed by atoms with van der Waals surface area (Å²) >= 11 is 3.30. The number of ether oxygens (including phenoxy) is 1. The van der Waals surface area contributed by atoms with E-state index in [0.29, 0.717) is 11.8 Å². The van der Waals surface area contributed by atoms with E-state index >= 15 is 0 Å². The molecule has 5 heteroatoms. The molecule has 1 heterocycles. The fourth-order valence-corrected chi connectivity index (χ4v) is 2.39. The van der Waals surface area contributed by atoms with Crippen LogP contribution in [0.25, 0.3) is 0 Å². The second-order valence-corrected chi connectivity index (χ2v) is 4.99. The summed E-state index contributed by atoms with van der Waals surface area (Å²) in [6.45, 7) is 0. The van der Waals surface area contributed by atoms with Gasteiger partial charge in [0.25, 0.3) is 5.91 Å². The zero-order valence-corrected chi connectivity index (χ0v) is 10.7. The van der Waals surface area contributed by atoms with Gasteiger partial charge >= 0.3 is 0 Å². The second kappa shape index (κ2) is 5.01. The van der Waals surface area contributed by atoms with Crippen LogP contribution in [0, 0.1) is 0 Å². The van der Waals surface area contributed by atoms with Crippen LogP contribution >= 0.6 is 15.9 Å². The predicted molar refractivity (Wildman–Crippen MR) is 64.4 cm³/mol. The van der Waals surface area contributed by atoms with Crippen molar-refractivity contribution in [2.24, 2.45) is 0 Å². The molecule has 16 heavy (non-hydrogen) atoms. The summed E-state index contributed by atoms with van der Waals surface area (Å²) in [5, 5.41) is 3.00. The first-order chi connectivity index (χ1) is 7.69. The third kappa shape index (κ3) is 2.65. The van der Waals surface area contributed by atoms with Crippen molar-refractivity contribution < 1.29 is 9.53 Å². The molecule has 1 amide bonds. The van der Waals surface area contributed by atoms with Gasteiger partial charge in [-0.3, -0.25) is 4.79 Å². The molecule has 1 aromatic rings. The van der Waals surface area contributed by atoms with Gasteiger partial charge in [0.05, 0.1) is 6.10 Å². The minimum absolute atomic E-state index is 0.0487. The zero-order chi connectivity index (χ0) is 11.5. The summed E-state index contributed by atoms with van der Waals surface area (Å²) in [6.07, 6.45) is 4.97. The van der Waals surface area contributed by atoms with Gasteiger partial charge in [0.1, 0.15) is 5.69 Å². The maximum absolute atomic E-state index is 11.8. The molecule has 0 spiro atoms. The third-order valence-electron chi connectivity index (χ3n) is 2.95. The fraction of sp³-hybridized carbons (Fsp3) is 0.545. The molecule has 2 rings (SSSR count). The number of methoxy groups -OCH3 is 1. The molecule has 1 aromatic heterocycles. The smallest absolute Gasteiger partial charge is 0.267 e. The fourth-order valence-electron chi connectivity index (χ4n) is 2.05. The number of hydrogen-bond acceptors (Lipinski definition) is 2. The van der Waals surface area contributed by atoms with Crippen LogP contribution < -0.4 is 5.32 Å². The Morgan fingerprint density at radius 2 is 2.44 bits per heavy atom. The van der Waals surface area contributed by atoms with Crippen LogP contribution in [0.2, 0.25) is 0 Å². The Balaban J connectivity index is 1.89. The Hall–Kier alpha value is -0.810. The van der Waals surface area contributed by atoms with E-state index in [0.717, 1.165) is 23.7 Å². The Morgan fingerprint density at radius 1 is 1.62 bits per heavy atom. The largest absolute Gasteiger partial charge is 0.381 e. The van der Waals surface area contributed by atoms with Crippen LogP contribution in [-0.2, 0) is 4.74 Å². The summed E-state index contributed by atoms with van der Waals surface area (Å²) in [4.78, 5) is 14.7. The summed E-state index contributed by atoms with van der Waals surface area (Å²) < 4.78 is 6.15. The van der Waals surface area contributed by atoms with Crippen molar-refractivity contribution in [2.45, 2.75) is 31.4 Å². The molecule has 0 aromatic carbocycles. The summed E-state index contributed by atoms with van der Waals surface area (Å²) in [6, 6.07) is 2.01. The van der Waals surface area contributed by atoms with Gasteiger partial charge < -0.3 is 15.0 Å². The van der Waals surface area contributed by atoms with Crippen LogP contribution in [0.3, 0.4) is 0 Å². The molecule has 2 atom stereocenters. The molecule has 0 radical (unpaired) electrons. The topological polar surface area (TPSA) is 54.1 Å². The minimum Gasteiger partial charge on any atom is -0.381 e. The summed E-state index contributed by atoms with van der Waals surface area (Å²) in [7, 11) is 1.72. The molecule has 1 saturated carbocycles. The Labute approximate surface area is 103 Å². The van der Waals surface area contributed by atoms with Gasteiger partial charge in [-0.05, 0) is 41.3 Å². The highest BCUT2D eigenvalue weighted by atomic mass is 79.9. The van der Waals surface area contributed by atoms with Crippen LogP contribution in [-0.4, -0.2) is 30.1 Å². The monoisotopic (exact) mass is 286 g/mol. The molecule has 0 saturated heterocycles. The molecule has 0 aliphatic heterocycles. The number of aromatic nitrogens is 1. The van der Waals surface area contributed by atoms with E-state index in [4.69, 9.17) is 4.74 Å². The quantitative estimate of drug-likeness (QED) is 0.894. The first kappa shape index (κ1) is 11.7. The van der Waals surface area contributed by atoms with Crippen molar-refractivity contribution >= 4 is 21.8 Å². The number of H-pyrrole nitrogens is 1. The molecular formula is C11H15BrN2O2. The Bertz CT molecular complexity index is 378. The van der Waals surface area contributed by atoms with Gasteiger partial charge in [0, 0.05) is 23.8 Å². The van der Waals surface area contributed by atoms with E-state index in [1.165, 1.54) is 0 Å². The van der Waals surface area contributed by atoms with Crippen LogP contribution in [0.4, 0.5) is 0 Å². The first-order valence-corrected chi connectivity index (χ1v) is 6.16. The summed E-state index contributed by atoms with van der Waals surface area (Å²) in [5.74, 6) is -0.0487. The Morgan fingerprint density at radius 3 is 3.00 bits per heavy atom. The van der Waals surface area contributed by atoms with Gasteiger partial charge in [0.2, 0.25) is 0 Å². The third-order valence-corrected chi connectivity index (χ3v) is 3.40. The van der Waals surface area contributed by atoms with Gasteiger partial charge in [0.15, 0.2) is 0 Å². The van der Waals surface area contributed by atoms with Crippen LogP contribution in [0.15, 0.2) is 16.7 Å². The van der Waals surface area contributed by atoms with Crippen LogP contribution in [0.5, 0.6) is 0 Å². The number of nitrogens with one attached hydrogen (secondary N) is 2. The lowest BCUT2D eigenvalue weighted by Crippen LogP contribution is -2.33. The van der Waals surface area contributed by atoms with E-state index in [1.54, 1.807) is 19.4 Å². The van der Waals surface area contributed by atoms with Crippen molar-refractivity contribution in [3.63, 3.8) is 0 Å². The average Bonchev–Trinajstić information content (AvgIpc) is 2.87. The van der Waals surface area contributed by atoms with Gasteiger partial charge in [-0.15, -0.1) is 0 Å². The molecular weight excluding hydrogens is 272 g/mol. The maximum Gasteiger partial charge on any atom is 0.267 e. The minimum atomic E-state index is -0.0487. The lowest BCUT2D eigenvalue weighted by Gasteiger charge is -2.11. The number of aromatic amines is 1. The highest BCUT2D eigenvalue weighted by Gasteiger charge is 2.26. The van der Waals surface area contributed by atoms with Crippen molar-refractivity contribution in [3.8, 4) is 0 Å². The second-order valence-electron chi connectivity index (χ2n) is 4.07. The van der Waals surface area contributed by atoms with Gasteiger partial charge in [-0.1, -0.05) is 0 Å². The molecule has 1 aliphatic carbocycles. The molecule has 0 bridgehead atoms. The van der Waals surface area contributed by atoms with E-state index in [-0.39, 0.29) is 11.9 Å². The van der Waals surface area contributed by atoms with E-state index in [9.17, 15) is 4.79 Å². The Kier molecular flexibility index (Phi) is 3.66. The number of amides is 1. The van der Waals surface area contributed by atoms with Crippen molar-refractivity contribution in [2.75, 3.05) is 7.11 Å². The zero-order valence-electron chi connectivity index (χ0n) is 9.13. The maximum atomic E-state index is 11.8. The SMILES string of the molecule is COC1CCC(NC(=O)c2cc(Br)c[nH]2)C1. The molecule has 1 fully saturated rings. The predicted octanol–water partition coefficient (Wildman–Crippen LogP) is 2.07. The van der Waals surface area contributed by atoms with Crippen LogP contribution in [0.1, 0.15) is 29.8 Å². The number of halogens is 1. The number of carbonyl (C=O) groups excluding carboxylic acids is 1. The highest BCUT2D eigenvalue weighted by molar-refractivity contribution is 9.10. The first-order valence-electron chi connectivity index (χ1n) is 5.36. The van der Waals surface area contributed by atoms with Crippen molar-refractivity contribution in [3.05, 3.63) is 22.4 Å². The molecule has 2 unspecified atom stereocenters. The van der Waals surface area contributed by atoms with E-state index in [2.05, 4.69) is 26.2 Å². The summed E-state index contributed by atoms with van der Waals surface area (Å²) in [5.41, 5.74) is 0.591. The van der Waals surface area contributed by atoms with E-state index < -0.39 is 0 Å². The lowest BCUT2D eigenvalue weighted by molar-refractivity contribution is 0.0911. The number of rotatable bonds is 3. The van der Waals surface area contributed by atoms with Crippen molar-refractivity contribution in [1.82, 2.24) is 10.3 Å². The highest BCUT2D eigenvalue weighted by Crippen LogP contribution is 2.21. The number of carbonyl (C=O) groups is 1. The normalized spacial score (nSPS) is 24.6. The van der Waals surface area contributed by atoms with Crippen molar-refractivity contribution in [1.29, 1.82) is 0 Å². The lowest BCUT2D eigenvalue weighted by atomic mass is 10.2. The molecule has 1 aliphatic rings. The standard InChI is InChI=1S/C11H15BrN2O2/c1-16-9-3-2-8(5-9)14-11(15)10-4-7(12)6-13-10/h4,6,8-9,13H,2-3,5H2,1H3,(H,14,15). The van der Waals surface area contributed by atoms with Gasteiger partial charge in [-0.2, -0.15) is 0 Å². The average molecular weight is 287 g/mol. The van der Waals surface area contributed by atoms with Gasteiger partial charge in [-0.25, -0.2) is 0 Å². The number of hydrogen-bond donors (Lipinski definition) is 2. The van der Waals surface area contributed by atoms with E-state index in [1.807, 2.05) is 0 Å².